The second kappa shape index (κ2) is 7.86. The van der Waals surface area contributed by atoms with Crippen molar-refractivity contribution in [3.63, 3.8) is 0 Å². The number of hydrogen-bond donors (Lipinski definition) is 1. The van der Waals surface area contributed by atoms with Crippen molar-refractivity contribution in [2.45, 2.75) is 20.0 Å². The molecule has 0 aliphatic heterocycles. The van der Waals surface area contributed by atoms with Gasteiger partial charge in [0.15, 0.2) is 0 Å². The molecule has 0 bridgehead atoms. The molecule has 0 radical (unpaired) electrons. The minimum Gasteiger partial charge on any atom is -0.380 e. The van der Waals surface area contributed by atoms with Crippen LogP contribution in [0, 0.1) is 5.92 Å². The van der Waals surface area contributed by atoms with Crippen LogP contribution in [0.4, 0.5) is 13.2 Å². The van der Waals surface area contributed by atoms with E-state index in [2.05, 4.69) is 0 Å². The maximum Gasteiger partial charge on any atom is 0.394 e. The molecule has 0 rings (SSSR count). The van der Waals surface area contributed by atoms with Gasteiger partial charge in [-0.2, -0.15) is 13.2 Å². The summed E-state index contributed by atoms with van der Waals surface area (Å²) in [7, 11) is 0. The Balaban J connectivity index is 4.07. The molecule has 0 aromatic carbocycles. The second-order valence-corrected chi connectivity index (χ2v) is 3.56. The fourth-order valence-corrected chi connectivity index (χ4v) is 1.34. The van der Waals surface area contributed by atoms with Crippen molar-refractivity contribution in [1.29, 1.82) is 0 Å². The van der Waals surface area contributed by atoms with Gasteiger partial charge in [-0.25, -0.2) is 0 Å². The van der Waals surface area contributed by atoms with Gasteiger partial charge in [-0.05, 0) is 13.5 Å². The average molecular weight is 242 g/mol. The van der Waals surface area contributed by atoms with Crippen LogP contribution < -0.4 is 5.73 Å². The highest BCUT2D eigenvalue weighted by molar-refractivity contribution is 4.72. The number of nitrogens with two attached hydrogens (primary N) is 1. The van der Waals surface area contributed by atoms with Crippen LogP contribution in [0.1, 0.15) is 13.8 Å². The molecule has 6 heteroatoms. The smallest absolute Gasteiger partial charge is 0.380 e. The van der Waals surface area contributed by atoms with Crippen molar-refractivity contribution in [2.24, 2.45) is 11.7 Å². The molecule has 0 amide bonds. The van der Waals surface area contributed by atoms with Crippen LogP contribution in [0.5, 0.6) is 0 Å². The molecular formula is C10H21F3N2O. The number of ether oxygens (including phenoxy) is 1. The minimum absolute atomic E-state index is 0.0520. The van der Waals surface area contributed by atoms with E-state index in [1.165, 1.54) is 0 Å². The molecule has 0 fully saturated rings. The van der Waals surface area contributed by atoms with Crippen LogP contribution in [0.2, 0.25) is 0 Å². The first-order chi connectivity index (χ1) is 7.45. The molecule has 2 N–H and O–H groups in total. The molecular weight excluding hydrogens is 221 g/mol. The first-order valence-electron chi connectivity index (χ1n) is 5.52. The lowest BCUT2D eigenvalue weighted by Crippen LogP contribution is -2.42. The molecule has 1 unspecified atom stereocenters. The lowest BCUT2D eigenvalue weighted by Gasteiger charge is -2.26. The van der Waals surface area contributed by atoms with Gasteiger partial charge in [0.25, 0.3) is 0 Å². The summed E-state index contributed by atoms with van der Waals surface area (Å²) in [5.41, 5.74) is 5.14. The van der Waals surface area contributed by atoms with Gasteiger partial charge in [0.05, 0.1) is 12.5 Å². The molecule has 0 aliphatic carbocycles. The zero-order valence-corrected chi connectivity index (χ0v) is 9.89. The molecule has 98 valence electrons. The van der Waals surface area contributed by atoms with Crippen LogP contribution in [0.15, 0.2) is 0 Å². The fourth-order valence-electron chi connectivity index (χ4n) is 1.34. The van der Waals surface area contributed by atoms with Gasteiger partial charge in [-0.3, -0.25) is 0 Å². The molecule has 16 heavy (non-hydrogen) atoms. The van der Waals surface area contributed by atoms with Gasteiger partial charge in [-0.1, -0.05) is 6.92 Å². The van der Waals surface area contributed by atoms with Gasteiger partial charge in [0, 0.05) is 26.2 Å². The number of likely N-dealkylation sites (N-methyl/N-ethyl adjacent to an activating group) is 1. The third kappa shape index (κ3) is 6.30. The van der Waals surface area contributed by atoms with Crippen molar-refractivity contribution in [2.75, 3.05) is 39.4 Å². The first-order valence-corrected chi connectivity index (χ1v) is 5.52. The van der Waals surface area contributed by atoms with E-state index in [9.17, 15) is 13.2 Å². The topological polar surface area (TPSA) is 38.5 Å². The maximum absolute atomic E-state index is 12.5. The maximum atomic E-state index is 12.5. The highest BCUT2D eigenvalue weighted by Gasteiger charge is 2.39. The van der Waals surface area contributed by atoms with E-state index in [1.54, 1.807) is 4.90 Å². The van der Waals surface area contributed by atoms with Crippen molar-refractivity contribution in [3.05, 3.63) is 0 Å². The van der Waals surface area contributed by atoms with Gasteiger partial charge in [-0.15, -0.1) is 0 Å². The number of halogens is 3. The summed E-state index contributed by atoms with van der Waals surface area (Å²) < 4.78 is 42.5. The molecule has 0 saturated heterocycles. The summed E-state index contributed by atoms with van der Waals surface area (Å²) in [6, 6.07) is 0. The van der Waals surface area contributed by atoms with Crippen molar-refractivity contribution >= 4 is 0 Å². The highest BCUT2D eigenvalue weighted by atomic mass is 19.4. The summed E-state index contributed by atoms with van der Waals surface area (Å²) in [6.07, 6.45) is -4.21. The second-order valence-electron chi connectivity index (χ2n) is 3.56. The Hall–Kier alpha value is -0.330. The van der Waals surface area contributed by atoms with E-state index in [4.69, 9.17) is 10.5 Å². The molecule has 0 aromatic heterocycles. The van der Waals surface area contributed by atoms with E-state index >= 15 is 0 Å². The zero-order valence-electron chi connectivity index (χ0n) is 9.89. The monoisotopic (exact) mass is 242 g/mol. The molecule has 0 aromatic rings. The molecule has 3 nitrogen and oxygen atoms in total. The van der Waals surface area contributed by atoms with E-state index in [1.807, 2.05) is 13.8 Å². The van der Waals surface area contributed by atoms with E-state index in [0.29, 0.717) is 26.3 Å². The highest BCUT2D eigenvalue weighted by Crippen LogP contribution is 2.25. The third-order valence-electron chi connectivity index (χ3n) is 2.43. The molecule has 1 atom stereocenters. The predicted molar refractivity (Wildman–Crippen MR) is 57.2 cm³/mol. The standard InChI is InChI=1S/C10H21F3N2O/c1-3-15(5-6-16-4-2)8-9(7-14)10(11,12)13/h9H,3-8,14H2,1-2H3. The Morgan fingerprint density at radius 3 is 2.31 bits per heavy atom. The van der Waals surface area contributed by atoms with Crippen molar-refractivity contribution < 1.29 is 17.9 Å². The molecule has 0 spiro atoms. The zero-order chi connectivity index (χ0) is 12.6. The number of hydrogen-bond acceptors (Lipinski definition) is 3. The van der Waals surface area contributed by atoms with Gasteiger partial charge >= 0.3 is 6.18 Å². The first kappa shape index (κ1) is 15.7. The van der Waals surface area contributed by atoms with E-state index < -0.39 is 12.1 Å². The Bertz CT molecular complexity index is 176. The summed E-state index contributed by atoms with van der Waals surface area (Å²) in [5.74, 6) is -1.45. The molecule has 0 saturated carbocycles. The Morgan fingerprint density at radius 1 is 1.31 bits per heavy atom. The molecule has 0 aliphatic rings. The average Bonchev–Trinajstić information content (AvgIpc) is 2.21. The van der Waals surface area contributed by atoms with Crippen molar-refractivity contribution in [3.8, 4) is 0 Å². The van der Waals surface area contributed by atoms with Gasteiger partial charge < -0.3 is 15.4 Å². The number of rotatable bonds is 8. The number of nitrogens with zero attached hydrogens (tertiary/aromatic N) is 1. The quantitative estimate of drug-likeness (QED) is 0.655. The summed E-state index contributed by atoms with van der Waals surface area (Å²) in [6.45, 7) is 5.38. The summed E-state index contributed by atoms with van der Waals surface area (Å²) in [4.78, 5) is 1.71. The predicted octanol–water partition coefficient (Wildman–Crippen LogP) is 1.48. The van der Waals surface area contributed by atoms with E-state index in [-0.39, 0.29) is 13.1 Å². The van der Waals surface area contributed by atoms with Crippen molar-refractivity contribution in [1.82, 2.24) is 4.90 Å². The lowest BCUT2D eigenvalue weighted by atomic mass is 10.1. The van der Waals surface area contributed by atoms with Crippen LogP contribution in [0.25, 0.3) is 0 Å². The number of alkyl halides is 3. The van der Waals surface area contributed by atoms with Gasteiger partial charge in [0.2, 0.25) is 0 Å². The van der Waals surface area contributed by atoms with Crippen LogP contribution in [-0.2, 0) is 4.74 Å². The van der Waals surface area contributed by atoms with Crippen LogP contribution >= 0.6 is 0 Å². The van der Waals surface area contributed by atoms with E-state index in [0.717, 1.165) is 0 Å². The Labute approximate surface area is 94.7 Å². The summed E-state index contributed by atoms with van der Waals surface area (Å²) >= 11 is 0. The fraction of sp³-hybridized carbons (Fsp3) is 1.00. The third-order valence-corrected chi connectivity index (χ3v) is 2.43. The molecule has 0 heterocycles. The van der Waals surface area contributed by atoms with Gasteiger partial charge in [0.1, 0.15) is 0 Å². The SMILES string of the molecule is CCOCCN(CC)CC(CN)C(F)(F)F. The largest absolute Gasteiger partial charge is 0.394 e. The summed E-state index contributed by atoms with van der Waals surface area (Å²) in [5, 5.41) is 0. The Morgan fingerprint density at radius 2 is 1.94 bits per heavy atom. The minimum atomic E-state index is -4.21. The Kier molecular flexibility index (Phi) is 7.70. The van der Waals surface area contributed by atoms with Crippen LogP contribution in [0.3, 0.4) is 0 Å². The normalized spacial score (nSPS) is 14.4. The lowest BCUT2D eigenvalue weighted by molar-refractivity contribution is -0.176. The van der Waals surface area contributed by atoms with Crippen LogP contribution in [-0.4, -0.2) is 50.5 Å².